The van der Waals surface area contributed by atoms with Gasteiger partial charge in [-0.05, 0) is 37.8 Å². The molecule has 3 aromatic rings. The van der Waals surface area contributed by atoms with Gasteiger partial charge in [-0.1, -0.05) is 43.3 Å². The second-order valence-electron chi connectivity index (χ2n) is 9.61. The quantitative estimate of drug-likeness (QED) is 0.512. The minimum atomic E-state index is -0.754. The molecule has 9 heteroatoms. The first-order chi connectivity index (χ1) is 16.7. The average molecular weight is 497 g/mol. The van der Waals surface area contributed by atoms with Gasteiger partial charge in [-0.25, -0.2) is 4.98 Å². The fourth-order valence-corrected chi connectivity index (χ4v) is 5.46. The normalized spacial score (nSPS) is 19.7. The van der Waals surface area contributed by atoms with Crippen LogP contribution in [0, 0.1) is 19.8 Å². The molecule has 0 spiro atoms. The molecular formula is C26H32N4O4S. The number of rotatable bonds is 7. The van der Waals surface area contributed by atoms with Crippen LogP contribution in [0.15, 0.2) is 40.4 Å². The Labute approximate surface area is 209 Å². The van der Waals surface area contributed by atoms with E-state index >= 15 is 0 Å². The van der Waals surface area contributed by atoms with E-state index < -0.39 is 18.1 Å². The van der Waals surface area contributed by atoms with Gasteiger partial charge in [-0.15, -0.1) is 11.3 Å². The molecule has 2 N–H and O–H groups in total. The number of aliphatic hydroxyl groups is 1. The van der Waals surface area contributed by atoms with Crippen molar-refractivity contribution in [2.75, 3.05) is 6.54 Å². The van der Waals surface area contributed by atoms with Gasteiger partial charge in [0.05, 0.1) is 33.9 Å². The first kappa shape index (κ1) is 25.1. The summed E-state index contributed by atoms with van der Waals surface area (Å²) in [5, 5.41) is 17.3. The summed E-state index contributed by atoms with van der Waals surface area (Å²) in [4.78, 5) is 33.7. The van der Waals surface area contributed by atoms with E-state index in [0.717, 1.165) is 21.7 Å². The van der Waals surface area contributed by atoms with Crippen molar-refractivity contribution in [3.05, 3.63) is 58.6 Å². The maximum Gasteiger partial charge on any atom is 0.243 e. The van der Waals surface area contributed by atoms with E-state index in [2.05, 4.69) is 15.5 Å². The molecule has 3 heterocycles. The van der Waals surface area contributed by atoms with Gasteiger partial charge in [0.25, 0.3) is 0 Å². The number of aromatic nitrogens is 2. The summed E-state index contributed by atoms with van der Waals surface area (Å²) in [5.41, 5.74) is 5.56. The molecule has 0 aliphatic carbocycles. The van der Waals surface area contributed by atoms with Gasteiger partial charge < -0.3 is 19.8 Å². The third-order valence-electron chi connectivity index (χ3n) is 6.53. The zero-order valence-electron chi connectivity index (χ0n) is 20.7. The molecule has 4 atom stereocenters. The molecule has 186 valence electrons. The van der Waals surface area contributed by atoms with Crippen LogP contribution in [0.2, 0.25) is 0 Å². The highest BCUT2D eigenvalue weighted by atomic mass is 32.1. The van der Waals surface area contributed by atoms with Gasteiger partial charge in [-0.2, -0.15) is 0 Å². The molecule has 8 nitrogen and oxygen atoms in total. The van der Waals surface area contributed by atoms with Gasteiger partial charge >= 0.3 is 0 Å². The maximum absolute atomic E-state index is 13.5. The zero-order valence-corrected chi connectivity index (χ0v) is 21.5. The summed E-state index contributed by atoms with van der Waals surface area (Å²) in [6, 6.07) is 8.79. The minimum Gasteiger partial charge on any atom is -0.391 e. The number of nitrogens with one attached hydrogen (secondary N) is 1. The number of hydrogen-bond donors (Lipinski definition) is 2. The molecule has 0 radical (unpaired) electrons. The molecule has 0 saturated carbocycles. The van der Waals surface area contributed by atoms with Crippen LogP contribution >= 0.6 is 11.3 Å². The number of thiazole rings is 1. The van der Waals surface area contributed by atoms with E-state index in [-0.39, 0.29) is 36.7 Å². The van der Waals surface area contributed by atoms with Crippen molar-refractivity contribution in [1.82, 2.24) is 20.4 Å². The second-order valence-corrected chi connectivity index (χ2v) is 10.5. The fourth-order valence-electron chi connectivity index (χ4n) is 4.64. The number of hydrogen-bond acceptors (Lipinski definition) is 7. The van der Waals surface area contributed by atoms with Crippen LogP contribution in [-0.2, 0) is 9.59 Å². The summed E-state index contributed by atoms with van der Waals surface area (Å²) in [6.45, 7) is 9.68. The van der Waals surface area contributed by atoms with Gasteiger partial charge in [0.15, 0.2) is 0 Å². The number of benzene rings is 1. The first-order valence-electron chi connectivity index (χ1n) is 11.9. The number of carbonyl (C=O) groups excluding carboxylic acids is 2. The van der Waals surface area contributed by atoms with Crippen LogP contribution in [0.3, 0.4) is 0 Å². The van der Waals surface area contributed by atoms with Crippen molar-refractivity contribution in [3.63, 3.8) is 0 Å². The molecule has 1 aromatic carbocycles. The largest absolute Gasteiger partial charge is 0.391 e. The standard InChI is InChI=1S/C26H32N4O4S/c1-14(2)23(22-10-15(3)29-34-22)26(33)30-12-20(31)11-21(30)25(32)28-16(4)18-6-8-19(9-7-18)24-17(5)27-13-35-24/h6-10,13-14,16,20-21,23,31H,11-12H2,1-5H3,(H,28,32)/t16-,20+,21-,23?/m0/s1. The Morgan fingerprint density at radius 1 is 1.20 bits per heavy atom. The number of amides is 2. The lowest BCUT2D eigenvalue weighted by molar-refractivity contribution is -0.141. The van der Waals surface area contributed by atoms with Gasteiger partial charge in [-0.3, -0.25) is 9.59 Å². The zero-order chi connectivity index (χ0) is 25.3. The topological polar surface area (TPSA) is 109 Å². The average Bonchev–Trinajstić information content (AvgIpc) is 3.53. The van der Waals surface area contributed by atoms with Crippen molar-refractivity contribution in [2.24, 2.45) is 5.92 Å². The van der Waals surface area contributed by atoms with E-state index in [0.29, 0.717) is 11.5 Å². The van der Waals surface area contributed by atoms with Crippen LogP contribution in [-0.4, -0.2) is 50.7 Å². The molecule has 2 amide bonds. The van der Waals surface area contributed by atoms with Crippen molar-refractivity contribution in [1.29, 1.82) is 0 Å². The molecule has 4 rings (SSSR count). The lowest BCUT2D eigenvalue weighted by atomic mass is 9.91. The maximum atomic E-state index is 13.5. The monoisotopic (exact) mass is 496 g/mol. The third-order valence-corrected chi connectivity index (χ3v) is 7.50. The van der Waals surface area contributed by atoms with Crippen LogP contribution in [0.4, 0.5) is 0 Å². The smallest absolute Gasteiger partial charge is 0.243 e. The molecule has 0 bridgehead atoms. The predicted molar refractivity (Wildman–Crippen MR) is 134 cm³/mol. The lowest BCUT2D eigenvalue weighted by Gasteiger charge is -2.29. The molecule has 35 heavy (non-hydrogen) atoms. The Morgan fingerprint density at radius 2 is 1.91 bits per heavy atom. The Hall–Kier alpha value is -3.04. The van der Waals surface area contributed by atoms with E-state index in [1.165, 1.54) is 4.90 Å². The summed E-state index contributed by atoms with van der Waals surface area (Å²) >= 11 is 1.60. The van der Waals surface area contributed by atoms with Crippen LogP contribution in [0.5, 0.6) is 0 Å². The molecule has 1 aliphatic rings. The Morgan fingerprint density at radius 3 is 2.49 bits per heavy atom. The van der Waals surface area contributed by atoms with Gasteiger partial charge in [0.1, 0.15) is 17.7 Å². The van der Waals surface area contributed by atoms with Crippen molar-refractivity contribution in [2.45, 2.75) is 65.1 Å². The summed E-state index contributed by atoms with van der Waals surface area (Å²) in [6.07, 6.45) is -0.551. The SMILES string of the molecule is Cc1cc(C(C(=O)N2C[C@H](O)C[C@H]2C(=O)N[C@@H](C)c2ccc(-c3scnc3C)cc2)C(C)C)on1. The molecule has 1 fully saturated rings. The number of likely N-dealkylation sites (tertiary alicyclic amines) is 1. The van der Waals surface area contributed by atoms with E-state index in [1.54, 1.807) is 24.3 Å². The van der Waals surface area contributed by atoms with E-state index in [4.69, 9.17) is 4.52 Å². The highest BCUT2D eigenvalue weighted by Gasteiger charge is 2.43. The van der Waals surface area contributed by atoms with Crippen molar-refractivity contribution in [3.8, 4) is 10.4 Å². The first-order valence-corrected chi connectivity index (χ1v) is 12.8. The molecule has 1 unspecified atom stereocenters. The summed E-state index contributed by atoms with van der Waals surface area (Å²) in [5.74, 6) is -0.661. The molecule has 2 aromatic heterocycles. The van der Waals surface area contributed by atoms with Crippen LogP contribution in [0.25, 0.3) is 10.4 Å². The lowest BCUT2D eigenvalue weighted by Crippen LogP contribution is -2.48. The van der Waals surface area contributed by atoms with Gasteiger partial charge in [0.2, 0.25) is 11.8 Å². The Kier molecular flexibility index (Phi) is 7.37. The Balaban J connectivity index is 1.47. The second kappa shape index (κ2) is 10.3. The Bertz CT molecular complexity index is 1190. The summed E-state index contributed by atoms with van der Waals surface area (Å²) in [7, 11) is 0. The van der Waals surface area contributed by atoms with Crippen molar-refractivity contribution >= 4 is 23.2 Å². The predicted octanol–water partition coefficient (Wildman–Crippen LogP) is 3.99. The van der Waals surface area contributed by atoms with E-state index in [1.807, 2.05) is 57.5 Å². The summed E-state index contributed by atoms with van der Waals surface area (Å²) < 4.78 is 5.39. The fraction of sp³-hybridized carbons (Fsp3) is 0.462. The van der Waals surface area contributed by atoms with E-state index in [9.17, 15) is 14.7 Å². The molecule has 1 saturated heterocycles. The highest BCUT2D eigenvalue weighted by molar-refractivity contribution is 7.13. The number of aliphatic hydroxyl groups excluding tert-OH is 1. The number of nitrogens with zero attached hydrogens (tertiary/aromatic N) is 3. The highest BCUT2D eigenvalue weighted by Crippen LogP contribution is 2.32. The minimum absolute atomic E-state index is 0.0593. The third kappa shape index (κ3) is 5.31. The van der Waals surface area contributed by atoms with Crippen LogP contribution < -0.4 is 5.32 Å². The number of β-amino-alcohol motifs (C(OH)–C–C–N with tert-alkyl or cyclic N) is 1. The molecular weight excluding hydrogens is 464 g/mol. The molecule has 1 aliphatic heterocycles. The van der Waals surface area contributed by atoms with Crippen molar-refractivity contribution < 1.29 is 19.2 Å². The van der Waals surface area contributed by atoms with Gasteiger partial charge in [0, 0.05) is 19.0 Å². The number of carbonyl (C=O) groups is 2. The number of aryl methyl sites for hydroxylation is 2. The van der Waals surface area contributed by atoms with Crippen LogP contribution in [0.1, 0.15) is 61.9 Å².